The topological polar surface area (TPSA) is 26.0 Å². The molecule has 4 heteroatoms. The number of halogens is 3. The fourth-order valence-corrected chi connectivity index (χ4v) is 2.39. The van der Waals surface area contributed by atoms with Crippen LogP contribution in [0, 0.1) is 5.82 Å². The third-order valence-corrected chi connectivity index (χ3v) is 3.53. The third-order valence-electron chi connectivity index (χ3n) is 2.93. The van der Waals surface area contributed by atoms with Gasteiger partial charge in [0, 0.05) is 16.1 Å². The van der Waals surface area contributed by atoms with Gasteiger partial charge in [0.2, 0.25) is 0 Å². The average molecular weight is 298 g/mol. The summed E-state index contributed by atoms with van der Waals surface area (Å²) in [5.74, 6) is -0.227. The SMILES string of the molecule is NC(Cc1ccccc1F)Cc1cc(Cl)ccc1Cl. The lowest BCUT2D eigenvalue weighted by Gasteiger charge is -2.13. The smallest absolute Gasteiger partial charge is 0.126 e. The monoisotopic (exact) mass is 297 g/mol. The molecule has 0 saturated heterocycles. The fraction of sp³-hybridized carbons (Fsp3) is 0.200. The average Bonchev–Trinajstić information content (AvgIpc) is 2.37. The van der Waals surface area contributed by atoms with Crippen molar-refractivity contribution in [2.75, 3.05) is 0 Å². The molecule has 2 aromatic carbocycles. The van der Waals surface area contributed by atoms with Crippen LogP contribution >= 0.6 is 23.2 Å². The number of hydrogen-bond acceptors (Lipinski definition) is 1. The second-order valence-electron chi connectivity index (χ2n) is 4.50. The van der Waals surface area contributed by atoms with Gasteiger partial charge in [-0.05, 0) is 48.2 Å². The molecular weight excluding hydrogens is 284 g/mol. The molecule has 2 rings (SSSR count). The van der Waals surface area contributed by atoms with Crippen molar-refractivity contribution in [3.63, 3.8) is 0 Å². The Balaban J connectivity index is 2.07. The Morgan fingerprint density at radius 3 is 2.42 bits per heavy atom. The van der Waals surface area contributed by atoms with Crippen LogP contribution in [0.3, 0.4) is 0 Å². The highest BCUT2D eigenvalue weighted by Crippen LogP contribution is 2.22. The van der Waals surface area contributed by atoms with Gasteiger partial charge in [0.05, 0.1) is 0 Å². The molecule has 19 heavy (non-hydrogen) atoms. The van der Waals surface area contributed by atoms with Crippen LogP contribution in [0.1, 0.15) is 11.1 Å². The Bertz CT molecular complexity index is 572. The van der Waals surface area contributed by atoms with Crippen molar-refractivity contribution in [2.24, 2.45) is 5.73 Å². The van der Waals surface area contributed by atoms with E-state index in [0.717, 1.165) is 5.56 Å². The molecule has 0 aliphatic rings. The largest absolute Gasteiger partial charge is 0.327 e. The predicted molar refractivity (Wildman–Crippen MR) is 78.2 cm³/mol. The molecule has 2 N–H and O–H groups in total. The number of rotatable bonds is 4. The van der Waals surface area contributed by atoms with Crippen molar-refractivity contribution < 1.29 is 4.39 Å². The Hall–Kier alpha value is -1.09. The molecular formula is C15H14Cl2FN. The lowest BCUT2D eigenvalue weighted by Crippen LogP contribution is -2.26. The van der Waals surface area contributed by atoms with Gasteiger partial charge >= 0.3 is 0 Å². The van der Waals surface area contributed by atoms with E-state index in [1.54, 1.807) is 36.4 Å². The van der Waals surface area contributed by atoms with E-state index in [4.69, 9.17) is 28.9 Å². The first-order valence-electron chi connectivity index (χ1n) is 5.99. The van der Waals surface area contributed by atoms with Gasteiger partial charge in [0.1, 0.15) is 5.82 Å². The van der Waals surface area contributed by atoms with E-state index in [9.17, 15) is 4.39 Å². The maximum absolute atomic E-state index is 13.5. The predicted octanol–water partition coefficient (Wildman–Crippen LogP) is 4.25. The molecule has 0 spiro atoms. The van der Waals surface area contributed by atoms with Crippen LogP contribution in [-0.4, -0.2) is 6.04 Å². The first-order valence-corrected chi connectivity index (χ1v) is 6.75. The quantitative estimate of drug-likeness (QED) is 0.897. The summed E-state index contributed by atoms with van der Waals surface area (Å²) in [6.07, 6.45) is 1.03. The van der Waals surface area contributed by atoms with Gasteiger partial charge < -0.3 is 5.73 Å². The minimum Gasteiger partial charge on any atom is -0.327 e. The van der Waals surface area contributed by atoms with Crippen molar-refractivity contribution in [2.45, 2.75) is 18.9 Å². The van der Waals surface area contributed by atoms with Gasteiger partial charge in [0.15, 0.2) is 0 Å². The van der Waals surface area contributed by atoms with E-state index in [2.05, 4.69) is 0 Å². The van der Waals surface area contributed by atoms with Crippen LogP contribution in [0.15, 0.2) is 42.5 Å². The lowest BCUT2D eigenvalue weighted by molar-refractivity contribution is 0.584. The summed E-state index contributed by atoms with van der Waals surface area (Å²) in [6, 6.07) is 11.7. The summed E-state index contributed by atoms with van der Waals surface area (Å²) < 4.78 is 13.5. The second kappa shape index (κ2) is 6.38. The van der Waals surface area contributed by atoms with Crippen LogP contribution in [0.5, 0.6) is 0 Å². The molecule has 0 heterocycles. The fourth-order valence-electron chi connectivity index (χ4n) is 2.00. The van der Waals surface area contributed by atoms with Crippen LogP contribution in [0.4, 0.5) is 4.39 Å². The van der Waals surface area contributed by atoms with Crippen LogP contribution in [-0.2, 0) is 12.8 Å². The molecule has 0 radical (unpaired) electrons. The molecule has 0 aliphatic carbocycles. The first-order chi connectivity index (χ1) is 9.06. The summed E-state index contributed by atoms with van der Waals surface area (Å²) in [5, 5.41) is 1.26. The Morgan fingerprint density at radius 2 is 1.68 bits per heavy atom. The zero-order valence-electron chi connectivity index (χ0n) is 10.2. The summed E-state index contributed by atoms with van der Waals surface area (Å²) in [5.41, 5.74) is 7.56. The molecule has 1 nitrogen and oxygen atoms in total. The van der Waals surface area contributed by atoms with E-state index in [0.29, 0.717) is 28.5 Å². The van der Waals surface area contributed by atoms with Crippen molar-refractivity contribution in [1.82, 2.24) is 0 Å². The van der Waals surface area contributed by atoms with Crippen molar-refractivity contribution >= 4 is 23.2 Å². The van der Waals surface area contributed by atoms with Gasteiger partial charge in [-0.2, -0.15) is 0 Å². The first kappa shape index (κ1) is 14.3. The minimum atomic E-state index is -0.227. The molecule has 0 aliphatic heterocycles. The Morgan fingerprint density at radius 1 is 1.00 bits per heavy atom. The van der Waals surface area contributed by atoms with Gasteiger partial charge in [0.25, 0.3) is 0 Å². The van der Waals surface area contributed by atoms with Gasteiger partial charge in [-0.15, -0.1) is 0 Å². The number of hydrogen-bond donors (Lipinski definition) is 1. The van der Waals surface area contributed by atoms with E-state index in [1.165, 1.54) is 6.07 Å². The van der Waals surface area contributed by atoms with E-state index < -0.39 is 0 Å². The number of nitrogens with two attached hydrogens (primary N) is 1. The van der Waals surface area contributed by atoms with Crippen LogP contribution in [0.25, 0.3) is 0 Å². The van der Waals surface area contributed by atoms with E-state index in [-0.39, 0.29) is 11.9 Å². The maximum Gasteiger partial charge on any atom is 0.126 e. The second-order valence-corrected chi connectivity index (χ2v) is 5.34. The normalized spacial score (nSPS) is 12.4. The highest BCUT2D eigenvalue weighted by Gasteiger charge is 2.11. The molecule has 0 aromatic heterocycles. The van der Waals surface area contributed by atoms with Gasteiger partial charge in [-0.1, -0.05) is 41.4 Å². The summed E-state index contributed by atoms with van der Waals surface area (Å²) in [6.45, 7) is 0. The minimum absolute atomic E-state index is 0.201. The summed E-state index contributed by atoms with van der Waals surface area (Å²) in [7, 11) is 0. The van der Waals surface area contributed by atoms with Crippen molar-refractivity contribution in [3.05, 3.63) is 69.5 Å². The summed E-state index contributed by atoms with van der Waals surface area (Å²) >= 11 is 12.0. The molecule has 0 amide bonds. The van der Waals surface area contributed by atoms with Crippen LogP contribution in [0.2, 0.25) is 10.0 Å². The lowest BCUT2D eigenvalue weighted by atomic mass is 9.99. The van der Waals surface area contributed by atoms with E-state index in [1.807, 2.05) is 0 Å². The van der Waals surface area contributed by atoms with E-state index >= 15 is 0 Å². The third kappa shape index (κ3) is 3.93. The highest BCUT2D eigenvalue weighted by atomic mass is 35.5. The molecule has 0 fully saturated rings. The van der Waals surface area contributed by atoms with Crippen molar-refractivity contribution in [1.29, 1.82) is 0 Å². The van der Waals surface area contributed by atoms with Gasteiger partial charge in [-0.25, -0.2) is 4.39 Å². The molecule has 0 bridgehead atoms. The molecule has 1 unspecified atom stereocenters. The summed E-state index contributed by atoms with van der Waals surface area (Å²) in [4.78, 5) is 0. The Labute approximate surface area is 122 Å². The zero-order valence-corrected chi connectivity index (χ0v) is 11.8. The van der Waals surface area contributed by atoms with Crippen LogP contribution < -0.4 is 5.73 Å². The standard InChI is InChI=1S/C15H14Cl2FN/c16-12-5-6-14(17)11(7-12)9-13(19)8-10-3-1-2-4-15(10)18/h1-7,13H,8-9,19H2. The Kier molecular flexibility index (Phi) is 4.81. The van der Waals surface area contributed by atoms with Crippen molar-refractivity contribution in [3.8, 4) is 0 Å². The van der Waals surface area contributed by atoms with Gasteiger partial charge in [-0.3, -0.25) is 0 Å². The highest BCUT2D eigenvalue weighted by molar-refractivity contribution is 6.33. The molecule has 2 aromatic rings. The molecule has 100 valence electrons. The molecule has 0 saturated carbocycles. The number of benzene rings is 2. The zero-order chi connectivity index (χ0) is 13.8. The maximum atomic E-state index is 13.5. The molecule has 1 atom stereocenters.